The minimum atomic E-state index is 0.199. The summed E-state index contributed by atoms with van der Waals surface area (Å²) < 4.78 is 1.87. The van der Waals surface area contributed by atoms with E-state index in [9.17, 15) is 4.79 Å². The average molecular weight is 246 g/mol. The van der Waals surface area contributed by atoms with Crippen molar-refractivity contribution >= 4 is 5.91 Å². The molecule has 1 fully saturated rings. The SMILES string of the molecule is O=C([C@H]1CC=CCC1)N1CC[C@@H](n2ccnn2)C1. The van der Waals surface area contributed by atoms with Crippen molar-refractivity contribution < 1.29 is 4.79 Å². The summed E-state index contributed by atoms with van der Waals surface area (Å²) in [6.07, 6.45) is 11.8. The topological polar surface area (TPSA) is 51.0 Å². The molecule has 2 aliphatic rings. The summed E-state index contributed by atoms with van der Waals surface area (Å²) in [4.78, 5) is 14.4. The molecule has 1 amide bonds. The summed E-state index contributed by atoms with van der Waals surface area (Å²) in [5.74, 6) is 0.520. The molecule has 3 rings (SSSR count). The normalized spacial score (nSPS) is 27.7. The van der Waals surface area contributed by atoms with Crippen LogP contribution in [-0.4, -0.2) is 38.9 Å². The van der Waals surface area contributed by atoms with Crippen molar-refractivity contribution in [1.29, 1.82) is 0 Å². The van der Waals surface area contributed by atoms with Gasteiger partial charge in [0.05, 0.1) is 12.2 Å². The van der Waals surface area contributed by atoms with E-state index in [1.165, 1.54) is 0 Å². The summed E-state index contributed by atoms with van der Waals surface area (Å²) in [5.41, 5.74) is 0. The second-order valence-electron chi connectivity index (χ2n) is 5.09. The van der Waals surface area contributed by atoms with E-state index in [1.807, 2.05) is 15.8 Å². The Labute approximate surface area is 106 Å². The number of amides is 1. The maximum atomic E-state index is 12.4. The number of rotatable bonds is 2. The number of nitrogens with zero attached hydrogens (tertiary/aromatic N) is 4. The van der Waals surface area contributed by atoms with Crippen molar-refractivity contribution in [3.8, 4) is 0 Å². The molecule has 0 spiro atoms. The molecule has 1 aliphatic carbocycles. The van der Waals surface area contributed by atoms with E-state index >= 15 is 0 Å². The molecule has 18 heavy (non-hydrogen) atoms. The maximum absolute atomic E-state index is 12.4. The number of carbonyl (C=O) groups excluding carboxylic acids is 1. The summed E-state index contributed by atoms with van der Waals surface area (Å²) in [7, 11) is 0. The van der Waals surface area contributed by atoms with Gasteiger partial charge in [0.15, 0.2) is 0 Å². The molecule has 0 unspecified atom stereocenters. The smallest absolute Gasteiger partial charge is 0.226 e. The molecule has 2 heterocycles. The highest BCUT2D eigenvalue weighted by molar-refractivity contribution is 5.79. The largest absolute Gasteiger partial charge is 0.340 e. The van der Waals surface area contributed by atoms with Crippen LogP contribution in [-0.2, 0) is 4.79 Å². The zero-order valence-corrected chi connectivity index (χ0v) is 10.4. The molecule has 1 aliphatic heterocycles. The summed E-state index contributed by atoms with van der Waals surface area (Å²) in [5, 5.41) is 7.85. The van der Waals surface area contributed by atoms with Crippen LogP contribution in [0.1, 0.15) is 31.7 Å². The highest BCUT2D eigenvalue weighted by Crippen LogP contribution is 2.26. The predicted molar refractivity (Wildman–Crippen MR) is 66.7 cm³/mol. The number of carbonyl (C=O) groups is 1. The van der Waals surface area contributed by atoms with E-state index in [0.29, 0.717) is 11.9 Å². The highest BCUT2D eigenvalue weighted by atomic mass is 16.2. The van der Waals surface area contributed by atoms with Gasteiger partial charge in [-0.3, -0.25) is 4.79 Å². The van der Waals surface area contributed by atoms with E-state index < -0.39 is 0 Å². The molecule has 1 saturated heterocycles. The lowest BCUT2D eigenvalue weighted by molar-refractivity contribution is -0.134. The van der Waals surface area contributed by atoms with E-state index in [1.54, 1.807) is 6.20 Å². The van der Waals surface area contributed by atoms with Crippen LogP contribution in [0.5, 0.6) is 0 Å². The maximum Gasteiger partial charge on any atom is 0.226 e. The molecule has 5 heteroatoms. The van der Waals surface area contributed by atoms with Crippen molar-refractivity contribution in [3.05, 3.63) is 24.5 Å². The van der Waals surface area contributed by atoms with Gasteiger partial charge in [-0.1, -0.05) is 17.4 Å². The first kappa shape index (κ1) is 11.4. The minimum Gasteiger partial charge on any atom is -0.340 e. The third-order valence-electron chi connectivity index (χ3n) is 3.91. The summed E-state index contributed by atoms with van der Waals surface area (Å²) in [6.45, 7) is 1.63. The first-order chi connectivity index (χ1) is 8.84. The van der Waals surface area contributed by atoms with Gasteiger partial charge < -0.3 is 4.90 Å². The van der Waals surface area contributed by atoms with Crippen LogP contribution < -0.4 is 0 Å². The van der Waals surface area contributed by atoms with Crippen LogP contribution in [0.25, 0.3) is 0 Å². The molecule has 0 radical (unpaired) electrons. The Morgan fingerprint density at radius 2 is 2.22 bits per heavy atom. The second-order valence-corrected chi connectivity index (χ2v) is 5.09. The Bertz CT molecular complexity index is 440. The van der Waals surface area contributed by atoms with Crippen LogP contribution in [0.4, 0.5) is 0 Å². The first-order valence-corrected chi connectivity index (χ1v) is 6.64. The van der Waals surface area contributed by atoms with Crippen molar-refractivity contribution in [3.63, 3.8) is 0 Å². The van der Waals surface area contributed by atoms with E-state index in [0.717, 1.165) is 38.8 Å². The van der Waals surface area contributed by atoms with Crippen molar-refractivity contribution in [2.45, 2.75) is 31.7 Å². The van der Waals surface area contributed by atoms with Crippen LogP contribution in [0.15, 0.2) is 24.5 Å². The Hall–Kier alpha value is -1.65. The summed E-state index contributed by atoms with van der Waals surface area (Å²) >= 11 is 0. The number of likely N-dealkylation sites (tertiary alicyclic amines) is 1. The van der Waals surface area contributed by atoms with Crippen molar-refractivity contribution in [1.82, 2.24) is 19.9 Å². The van der Waals surface area contributed by atoms with Gasteiger partial charge in [-0.25, -0.2) is 4.68 Å². The predicted octanol–water partition coefficient (Wildman–Crippen LogP) is 1.41. The Morgan fingerprint density at radius 3 is 2.94 bits per heavy atom. The number of allylic oxidation sites excluding steroid dienone is 2. The highest BCUT2D eigenvalue weighted by Gasteiger charge is 2.31. The van der Waals surface area contributed by atoms with Gasteiger partial charge >= 0.3 is 0 Å². The number of aromatic nitrogens is 3. The van der Waals surface area contributed by atoms with Gasteiger partial charge in [-0.2, -0.15) is 0 Å². The lowest BCUT2D eigenvalue weighted by Gasteiger charge is -2.24. The minimum absolute atomic E-state index is 0.199. The third-order valence-corrected chi connectivity index (χ3v) is 3.91. The lowest BCUT2D eigenvalue weighted by atomic mass is 9.93. The molecular weight excluding hydrogens is 228 g/mol. The van der Waals surface area contributed by atoms with Crippen LogP contribution in [0.3, 0.4) is 0 Å². The fourth-order valence-electron chi connectivity index (χ4n) is 2.85. The van der Waals surface area contributed by atoms with Gasteiger partial charge in [0, 0.05) is 25.2 Å². The fraction of sp³-hybridized carbons (Fsp3) is 0.615. The molecule has 0 bridgehead atoms. The lowest BCUT2D eigenvalue weighted by Crippen LogP contribution is -2.35. The molecular formula is C13H18N4O. The molecule has 96 valence electrons. The van der Waals surface area contributed by atoms with Crippen molar-refractivity contribution in [2.24, 2.45) is 5.92 Å². The Balaban J connectivity index is 1.61. The van der Waals surface area contributed by atoms with Crippen LogP contribution in [0.2, 0.25) is 0 Å². The van der Waals surface area contributed by atoms with Crippen LogP contribution >= 0.6 is 0 Å². The van der Waals surface area contributed by atoms with E-state index in [2.05, 4.69) is 22.5 Å². The monoisotopic (exact) mass is 246 g/mol. The Kier molecular flexibility index (Phi) is 3.13. The molecule has 5 nitrogen and oxygen atoms in total. The fourth-order valence-corrected chi connectivity index (χ4v) is 2.85. The standard InChI is InChI=1S/C13H18N4O/c18-13(11-4-2-1-3-5-11)16-8-6-12(10-16)17-9-7-14-15-17/h1-2,7,9,11-12H,3-6,8,10H2/t11-,12+/m0/s1. The first-order valence-electron chi connectivity index (χ1n) is 6.64. The summed E-state index contributed by atoms with van der Waals surface area (Å²) in [6, 6.07) is 0.301. The molecule has 0 saturated carbocycles. The number of hydrogen-bond donors (Lipinski definition) is 0. The zero-order valence-electron chi connectivity index (χ0n) is 10.4. The van der Waals surface area contributed by atoms with Gasteiger partial charge in [0.1, 0.15) is 0 Å². The van der Waals surface area contributed by atoms with Gasteiger partial charge in [-0.15, -0.1) is 5.10 Å². The number of hydrogen-bond acceptors (Lipinski definition) is 3. The molecule has 0 N–H and O–H groups in total. The molecule has 1 aromatic rings. The molecule has 0 aromatic carbocycles. The molecule has 2 atom stereocenters. The zero-order chi connectivity index (χ0) is 12.4. The Morgan fingerprint density at radius 1 is 1.28 bits per heavy atom. The van der Waals surface area contributed by atoms with Gasteiger partial charge in [-0.05, 0) is 25.7 Å². The average Bonchev–Trinajstić information content (AvgIpc) is 3.09. The van der Waals surface area contributed by atoms with Gasteiger partial charge in [0.25, 0.3) is 0 Å². The molecule has 1 aromatic heterocycles. The van der Waals surface area contributed by atoms with E-state index in [4.69, 9.17) is 0 Å². The quantitative estimate of drug-likeness (QED) is 0.741. The van der Waals surface area contributed by atoms with Crippen LogP contribution in [0, 0.1) is 5.92 Å². The van der Waals surface area contributed by atoms with E-state index in [-0.39, 0.29) is 5.92 Å². The van der Waals surface area contributed by atoms with Gasteiger partial charge in [0.2, 0.25) is 5.91 Å². The third kappa shape index (κ3) is 2.17. The van der Waals surface area contributed by atoms with Crippen molar-refractivity contribution in [2.75, 3.05) is 13.1 Å². The second kappa shape index (κ2) is 4.92.